The van der Waals surface area contributed by atoms with E-state index in [2.05, 4.69) is 32.1 Å². The number of nitrogens with zero attached hydrogens (tertiary/aromatic N) is 2. The zero-order valence-electron chi connectivity index (χ0n) is 51.7. The molecule has 2 aromatic carbocycles. The topological polar surface area (TPSA) is 178 Å². The Hall–Kier alpha value is -5.52. The van der Waals surface area contributed by atoms with Crippen LogP contribution in [-0.4, -0.2) is 108 Å². The van der Waals surface area contributed by atoms with Gasteiger partial charge < -0.3 is 47.7 Å². The maximum atomic E-state index is 13.4. The van der Waals surface area contributed by atoms with Crippen molar-refractivity contribution in [2.75, 3.05) is 22.9 Å². The largest absolute Gasteiger partial charge is 0.458 e. The molecule has 10 atom stereocenters. The van der Waals surface area contributed by atoms with Gasteiger partial charge in [-0.3, -0.25) is 9.80 Å². The molecule has 80 heavy (non-hydrogen) atoms. The van der Waals surface area contributed by atoms with Gasteiger partial charge in [-0.1, -0.05) is 76.3 Å². The van der Waals surface area contributed by atoms with Gasteiger partial charge in [0.15, 0.2) is 11.6 Å². The molecule has 2 fully saturated rings. The molecule has 2 aromatic rings. The monoisotopic (exact) mass is 1110 g/mol. The molecule has 4 aliphatic heterocycles. The first kappa shape index (κ1) is 65.3. The van der Waals surface area contributed by atoms with Gasteiger partial charge in [-0.05, 0) is 158 Å². The number of ether oxygens (including phenoxy) is 9. The van der Waals surface area contributed by atoms with Crippen molar-refractivity contribution in [3.8, 4) is 5.75 Å². The van der Waals surface area contributed by atoms with Gasteiger partial charge in [0.25, 0.3) is 0 Å². The first-order chi connectivity index (χ1) is 36.9. The van der Waals surface area contributed by atoms with Crippen LogP contribution in [0.4, 0.5) is 21.0 Å². The zero-order valence-corrected chi connectivity index (χ0v) is 51.7. The smallest absolute Gasteiger partial charge is 0.414 e. The van der Waals surface area contributed by atoms with Gasteiger partial charge in [0.2, 0.25) is 5.79 Å². The number of hydrogen-bond acceptors (Lipinski definition) is 14. The molecule has 16 nitrogen and oxygen atoms in total. The van der Waals surface area contributed by atoms with Crippen molar-refractivity contribution in [3.05, 3.63) is 88.5 Å². The Labute approximate surface area is 477 Å². The van der Waals surface area contributed by atoms with E-state index in [-0.39, 0.29) is 60.2 Å². The van der Waals surface area contributed by atoms with Crippen molar-refractivity contribution >= 4 is 47.7 Å². The molecule has 1 N–H and O–H groups in total. The molecule has 0 unspecified atom stereocenters. The third kappa shape index (κ3) is 17.7. The molecule has 0 spiro atoms. The van der Waals surface area contributed by atoms with Gasteiger partial charge in [-0.2, -0.15) is 0 Å². The van der Waals surface area contributed by atoms with E-state index in [0.29, 0.717) is 65.3 Å². The Balaban J connectivity index is 0.000000295. The highest BCUT2D eigenvalue weighted by molar-refractivity contribution is 6.00. The number of anilines is 2. The van der Waals surface area contributed by atoms with Crippen LogP contribution in [0.1, 0.15) is 189 Å². The van der Waals surface area contributed by atoms with Crippen LogP contribution < -0.4 is 14.5 Å². The SMILES string of the molecule is CCN(C(=O)OC(C)(C)C)c1cc(/C=C/C[C@@H]2OC(C)(C)O[C@@H]2[C@H](C)/C=C\[C@@H](C)[C@H](C)O)c2c(c1)OC(C)(C)OC2=O.CCN(C(=O)OC(C)(C)C)c1cc(C)c2c(c1)/C=C/C[C@@H]1OC(C)(C)O[C@@H]1[C@H](C)/C=C\[C@@H](C)[C@H](C)OC2=O. The molecular weight excluding hydrogens is 1020 g/mol. The summed E-state index contributed by atoms with van der Waals surface area (Å²) in [6.45, 7) is 40.2. The average molecular weight is 1120 g/mol. The second kappa shape index (κ2) is 26.2. The normalized spacial score (nSPS) is 26.4. The highest BCUT2D eigenvalue weighted by Crippen LogP contribution is 2.40. The molecule has 6 rings (SSSR count). The Morgan fingerprint density at radius 3 is 1.89 bits per heavy atom. The Morgan fingerprint density at radius 1 is 0.738 bits per heavy atom. The Kier molecular flexibility index (Phi) is 21.3. The van der Waals surface area contributed by atoms with Crippen LogP contribution in [-0.2, 0) is 37.9 Å². The lowest BCUT2D eigenvalue weighted by atomic mass is 9.93. The average Bonchev–Trinajstić information content (AvgIpc) is 3.83. The molecule has 2 amide bonds. The summed E-state index contributed by atoms with van der Waals surface area (Å²) in [5.74, 6) is -2.93. The van der Waals surface area contributed by atoms with Gasteiger partial charge in [0, 0.05) is 56.4 Å². The maximum absolute atomic E-state index is 13.4. The number of rotatable bonds is 11. The lowest BCUT2D eigenvalue weighted by molar-refractivity contribution is -0.148. The van der Waals surface area contributed by atoms with E-state index in [4.69, 9.17) is 42.6 Å². The van der Waals surface area contributed by atoms with E-state index >= 15 is 0 Å². The minimum absolute atomic E-state index is 0.0134. The van der Waals surface area contributed by atoms with Crippen LogP contribution in [0, 0.1) is 30.6 Å². The van der Waals surface area contributed by atoms with Crippen LogP contribution in [0.2, 0.25) is 0 Å². The molecule has 16 heteroatoms. The summed E-state index contributed by atoms with van der Waals surface area (Å²) in [5.41, 5.74) is 2.65. The zero-order chi connectivity index (χ0) is 60.0. The van der Waals surface area contributed by atoms with E-state index < -0.39 is 52.8 Å². The van der Waals surface area contributed by atoms with Crippen molar-refractivity contribution in [2.45, 2.75) is 223 Å². The Bertz CT molecular complexity index is 2630. The maximum Gasteiger partial charge on any atom is 0.414 e. The highest BCUT2D eigenvalue weighted by atomic mass is 16.8. The molecule has 0 radical (unpaired) electrons. The van der Waals surface area contributed by atoms with Crippen LogP contribution >= 0.6 is 0 Å². The number of amides is 2. The Morgan fingerprint density at radius 2 is 1.31 bits per heavy atom. The van der Waals surface area contributed by atoms with Gasteiger partial charge >= 0.3 is 24.1 Å². The van der Waals surface area contributed by atoms with Gasteiger partial charge in [0.1, 0.15) is 28.6 Å². The summed E-state index contributed by atoms with van der Waals surface area (Å²) in [6.07, 6.45) is 14.7. The number of hydrogen-bond donors (Lipinski definition) is 1. The highest BCUT2D eigenvalue weighted by Gasteiger charge is 2.44. The van der Waals surface area contributed by atoms with Gasteiger partial charge in [-0.25, -0.2) is 19.2 Å². The van der Waals surface area contributed by atoms with Crippen LogP contribution in [0.3, 0.4) is 0 Å². The number of aliphatic hydroxyl groups excluding tert-OH is 1. The molecule has 2 saturated heterocycles. The third-order valence-corrected chi connectivity index (χ3v) is 14.1. The number of esters is 2. The second-order valence-electron chi connectivity index (χ2n) is 25.1. The third-order valence-electron chi connectivity index (χ3n) is 14.1. The standard InChI is InChI=1S/C33H49NO8.C31H45NO6/c1-12-34(30(37)42-31(5,6)7)24-18-23(27-26(19-24)39-33(10,11)41-29(27)36)14-13-15-25-28(40-32(8,9)38-25)21(3)17-16-20(2)22(4)35;1-11-32(29(34)38-30(6,7)8)24-17-21(4)26-23(18-24)13-12-14-25-27(37-31(9,10)36-25)20(3)16-15-19(2)22(5)35-28(26)33/h13-14,16-22,25,28,35H,12,15H2,1-11H3;12-13,15-20,22,25,27H,11,14H2,1-10H3/b14-13+,17-16-;13-12+,16-15-/t20-,21-,22+,25+,28-;19-,20-,22+,25+,27-/m11/s1. The number of aryl methyl sites for hydroxylation is 1. The predicted octanol–water partition coefficient (Wildman–Crippen LogP) is 13.9. The van der Waals surface area contributed by atoms with E-state index in [0.717, 1.165) is 5.56 Å². The van der Waals surface area contributed by atoms with Crippen molar-refractivity contribution < 1.29 is 66.9 Å². The molecular formula is C64H94N2O14. The molecule has 0 bridgehead atoms. The summed E-state index contributed by atoms with van der Waals surface area (Å²) >= 11 is 0. The van der Waals surface area contributed by atoms with Crippen molar-refractivity contribution in [1.29, 1.82) is 0 Å². The number of aliphatic hydroxyl groups is 1. The number of fused-ring (bicyclic) bond motifs is 3. The number of cyclic esters (lactones) is 2. The first-order valence-electron chi connectivity index (χ1n) is 28.5. The quantitative estimate of drug-likeness (QED) is 0.128. The fourth-order valence-electron chi connectivity index (χ4n) is 9.81. The van der Waals surface area contributed by atoms with E-state index in [1.807, 2.05) is 153 Å². The van der Waals surface area contributed by atoms with Crippen LogP contribution in [0.25, 0.3) is 12.2 Å². The van der Waals surface area contributed by atoms with E-state index in [9.17, 15) is 24.3 Å². The lowest BCUT2D eigenvalue weighted by Crippen LogP contribution is -2.40. The first-order valence-corrected chi connectivity index (χ1v) is 28.5. The summed E-state index contributed by atoms with van der Waals surface area (Å²) in [7, 11) is 0. The van der Waals surface area contributed by atoms with Crippen LogP contribution in [0.15, 0.2) is 60.7 Å². The second-order valence-corrected chi connectivity index (χ2v) is 25.1. The molecule has 0 aliphatic carbocycles. The molecule has 4 heterocycles. The molecule has 4 aliphatic rings. The molecule has 444 valence electrons. The summed E-state index contributed by atoms with van der Waals surface area (Å²) in [4.78, 5) is 55.6. The lowest BCUT2D eigenvalue weighted by Gasteiger charge is -2.33. The number of benzene rings is 2. The molecule has 0 aromatic heterocycles. The molecule has 0 saturated carbocycles. The van der Waals surface area contributed by atoms with Gasteiger partial charge in [-0.15, -0.1) is 0 Å². The summed E-state index contributed by atoms with van der Waals surface area (Å²) < 4.78 is 53.8. The minimum atomic E-state index is -1.16. The van der Waals surface area contributed by atoms with Crippen molar-refractivity contribution in [2.24, 2.45) is 23.7 Å². The van der Waals surface area contributed by atoms with E-state index in [1.54, 1.807) is 37.8 Å². The van der Waals surface area contributed by atoms with Crippen molar-refractivity contribution in [1.82, 2.24) is 0 Å². The van der Waals surface area contributed by atoms with E-state index in [1.165, 1.54) is 4.90 Å². The number of carbonyl (C=O) groups is 4. The predicted molar refractivity (Wildman–Crippen MR) is 313 cm³/mol. The minimum Gasteiger partial charge on any atom is -0.458 e. The number of carbonyl (C=O) groups excluding carboxylic acids is 4. The summed E-state index contributed by atoms with van der Waals surface area (Å²) in [5, 5.41) is 9.85. The van der Waals surface area contributed by atoms with Crippen LogP contribution in [0.5, 0.6) is 5.75 Å². The summed E-state index contributed by atoms with van der Waals surface area (Å²) in [6, 6.07) is 7.13. The van der Waals surface area contributed by atoms with Gasteiger partial charge in [0.05, 0.1) is 41.8 Å². The van der Waals surface area contributed by atoms with Crippen molar-refractivity contribution in [3.63, 3.8) is 0 Å². The fourth-order valence-corrected chi connectivity index (χ4v) is 9.81. The fraction of sp³-hybridized carbons (Fsp3) is 0.625.